The molecule has 102 valence electrons. The zero-order chi connectivity index (χ0) is 14.3. The molecule has 0 unspecified atom stereocenters. The predicted octanol–water partition coefficient (Wildman–Crippen LogP) is 5.07. The molecular weight excluding hydrogens is 262 g/mol. The van der Waals surface area contributed by atoms with Crippen LogP contribution in [0.2, 0.25) is 39.3 Å². The lowest BCUT2D eigenvalue weighted by atomic mass is 10.2. The zero-order valence-electron chi connectivity index (χ0n) is 13.0. The Hall–Kier alpha value is -0.936. The Bertz CT molecular complexity index is 565. The molecule has 0 atom stereocenters. The Labute approximate surface area is 119 Å². The van der Waals surface area contributed by atoms with E-state index < -0.39 is 16.1 Å². The third kappa shape index (κ3) is 3.15. The van der Waals surface area contributed by atoms with Gasteiger partial charge in [-0.15, -0.1) is 0 Å². The maximum absolute atomic E-state index is 4.98. The van der Waals surface area contributed by atoms with Gasteiger partial charge in [0.1, 0.15) is 0 Å². The summed E-state index contributed by atoms with van der Waals surface area (Å²) in [4.78, 5) is 4.98. The lowest BCUT2D eigenvalue weighted by molar-refractivity contribution is 1.09. The third-order valence-corrected chi connectivity index (χ3v) is 12.9. The van der Waals surface area contributed by atoms with Gasteiger partial charge in [0.25, 0.3) is 0 Å². The Morgan fingerprint density at radius 3 is 1.95 bits per heavy atom. The summed E-state index contributed by atoms with van der Waals surface area (Å²) in [6.07, 6.45) is 0. The molecule has 0 radical (unpaired) electrons. The molecule has 0 saturated heterocycles. The minimum atomic E-state index is -1.25. The van der Waals surface area contributed by atoms with Gasteiger partial charge in [0, 0.05) is 11.1 Å². The van der Waals surface area contributed by atoms with Crippen LogP contribution in [-0.2, 0) is 0 Å². The number of fused-ring (bicyclic) bond motifs is 1. The van der Waals surface area contributed by atoms with Gasteiger partial charge in [-0.05, 0) is 17.3 Å². The van der Waals surface area contributed by atoms with Crippen molar-refractivity contribution in [2.45, 2.75) is 44.4 Å². The first-order chi connectivity index (χ1) is 8.69. The average Bonchev–Trinajstić information content (AvgIpc) is 2.25. The lowest BCUT2D eigenvalue weighted by Gasteiger charge is -2.38. The van der Waals surface area contributed by atoms with Crippen molar-refractivity contribution in [1.29, 1.82) is 0 Å². The van der Waals surface area contributed by atoms with E-state index in [0.29, 0.717) is 5.16 Å². The minimum Gasteiger partial charge on any atom is -0.253 e. The first-order valence-electron chi connectivity index (χ1n) is 7.05. The van der Waals surface area contributed by atoms with Gasteiger partial charge < -0.3 is 0 Å². The molecule has 0 saturated carbocycles. The summed E-state index contributed by atoms with van der Waals surface area (Å²) in [7, 11) is -2.50. The number of hydrogen-bond donors (Lipinski definition) is 0. The second-order valence-corrected chi connectivity index (χ2v) is 18.8. The van der Waals surface area contributed by atoms with Gasteiger partial charge in [0.05, 0.1) is 21.7 Å². The topological polar surface area (TPSA) is 12.9 Å². The van der Waals surface area contributed by atoms with Crippen LogP contribution in [0.25, 0.3) is 10.9 Å². The third-order valence-electron chi connectivity index (χ3n) is 3.65. The summed E-state index contributed by atoms with van der Waals surface area (Å²) in [6.45, 7) is 14.9. The molecule has 0 spiro atoms. The molecule has 1 aromatic carbocycles. The number of aromatic nitrogens is 1. The second-order valence-electron chi connectivity index (χ2n) is 7.59. The summed E-state index contributed by atoms with van der Waals surface area (Å²) in [5, 5.41) is 1.96. The molecule has 3 heteroatoms. The van der Waals surface area contributed by atoms with Gasteiger partial charge in [-0.3, -0.25) is 4.98 Å². The quantitative estimate of drug-likeness (QED) is 0.718. The van der Waals surface area contributed by atoms with Crippen LogP contribution >= 0.6 is 0 Å². The van der Waals surface area contributed by atoms with Crippen molar-refractivity contribution in [2.75, 3.05) is 0 Å². The fourth-order valence-electron chi connectivity index (χ4n) is 3.43. The highest BCUT2D eigenvalue weighted by atomic mass is 28.4. The van der Waals surface area contributed by atoms with Crippen LogP contribution in [0.15, 0.2) is 36.4 Å². The highest BCUT2D eigenvalue weighted by Crippen LogP contribution is 2.35. The van der Waals surface area contributed by atoms with Gasteiger partial charge in [0.2, 0.25) is 0 Å². The summed E-state index contributed by atoms with van der Waals surface area (Å²) < 4.78 is 0. The molecule has 0 bridgehead atoms. The van der Waals surface area contributed by atoms with E-state index in [1.165, 1.54) is 11.1 Å². The van der Waals surface area contributed by atoms with Crippen molar-refractivity contribution in [3.63, 3.8) is 0 Å². The smallest absolute Gasteiger partial charge is 0.0705 e. The molecule has 2 rings (SSSR count). The number of para-hydroxylation sites is 1. The number of benzene rings is 1. The van der Waals surface area contributed by atoms with E-state index >= 15 is 0 Å². The van der Waals surface area contributed by atoms with Gasteiger partial charge >= 0.3 is 0 Å². The Morgan fingerprint density at radius 1 is 0.789 bits per heavy atom. The number of hydrogen-bond acceptors (Lipinski definition) is 1. The van der Waals surface area contributed by atoms with Crippen LogP contribution in [0, 0.1) is 0 Å². The SMILES string of the molecule is C[Si](C)(C)C(c1ccc2ccccc2n1)[Si](C)(C)C. The Balaban J connectivity index is 2.57. The summed E-state index contributed by atoms with van der Waals surface area (Å²) in [5.41, 5.74) is 2.47. The van der Waals surface area contributed by atoms with Crippen molar-refractivity contribution in [1.82, 2.24) is 4.98 Å². The zero-order valence-corrected chi connectivity index (χ0v) is 15.0. The summed E-state index contributed by atoms with van der Waals surface area (Å²) in [6, 6.07) is 12.9. The monoisotopic (exact) mass is 287 g/mol. The largest absolute Gasteiger partial charge is 0.253 e. The number of nitrogens with zero attached hydrogens (tertiary/aromatic N) is 1. The van der Waals surface area contributed by atoms with Crippen LogP contribution in [0.3, 0.4) is 0 Å². The van der Waals surface area contributed by atoms with E-state index in [4.69, 9.17) is 4.98 Å². The molecule has 0 aliphatic rings. The van der Waals surface area contributed by atoms with E-state index in [-0.39, 0.29) is 0 Å². The Morgan fingerprint density at radius 2 is 1.37 bits per heavy atom. The number of pyridine rings is 1. The molecule has 1 nitrogen and oxygen atoms in total. The summed E-state index contributed by atoms with van der Waals surface area (Å²) >= 11 is 0. The fraction of sp³-hybridized carbons (Fsp3) is 0.438. The van der Waals surface area contributed by atoms with Gasteiger partial charge in [-0.1, -0.05) is 63.5 Å². The molecule has 0 aliphatic carbocycles. The van der Waals surface area contributed by atoms with Gasteiger partial charge in [-0.2, -0.15) is 0 Å². The molecule has 0 fully saturated rings. The average molecular weight is 288 g/mol. The van der Waals surface area contributed by atoms with Gasteiger partial charge in [-0.25, -0.2) is 0 Å². The van der Waals surface area contributed by atoms with E-state index in [0.717, 1.165) is 5.52 Å². The molecule has 1 heterocycles. The minimum absolute atomic E-state index is 0.713. The fourth-order valence-corrected chi connectivity index (χ4v) is 15.9. The molecule has 1 aromatic heterocycles. The lowest BCUT2D eigenvalue weighted by Crippen LogP contribution is -2.46. The van der Waals surface area contributed by atoms with Crippen LogP contribution < -0.4 is 0 Å². The van der Waals surface area contributed by atoms with E-state index in [1.54, 1.807) is 0 Å². The molecule has 0 aliphatic heterocycles. The van der Waals surface area contributed by atoms with E-state index in [1.807, 2.05) is 0 Å². The molecular formula is C16H25NSi2. The second kappa shape index (κ2) is 4.87. The maximum Gasteiger partial charge on any atom is 0.0705 e. The van der Waals surface area contributed by atoms with E-state index in [9.17, 15) is 0 Å². The molecule has 2 aromatic rings. The molecule has 0 N–H and O–H groups in total. The first kappa shape index (κ1) is 14.5. The van der Waals surface area contributed by atoms with Crippen molar-refractivity contribution >= 4 is 27.1 Å². The van der Waals surface area contributed by atoms with Crippen molar-refractivity contribution in [3.05, 3.63) is 42.1 Å². The van der Waals surface area contributed by atoms with Gasteiger partial charge in [0.15, 0.2) is 0 Å². The van der Waals surface area contributed by atoms with Crippen LogP contribution in [0.4, 0.5) is 0 Å². The van der Waals surface area contributed by atoms with Crippen LogP contribution in [0.5, 0.6) is 0 Å². The predicted molar refractivity (Wildman–Crippen MR) is 91.2 cm³/mol. The van der Waals surface area contributed by atoms with Crippen molar-refractivity contribution in [2.24, 2.45) is 0 Å². The highest BCUT2D eigenvalue weighted by Gasteiger charge is 2.39. The molecule has 19 heavy (non-hydrogen) atoms. The van der Waals surface area contributed by atoms with E-state index in [2.05, 4.69) is 75.7 Å². The molecule has 0 amide bonds. The normalized spacial score (nSPS) is 13.2. The van der Waals surface area contributed by atoms with Crippen molar-refractivity contribution < 1.29 is 0 Å². The first-order valence-corrected chi connectivity index (χ1v) is 14.2. The van der Waals surface area contributed by atoms with Crippen molar-refractivity contribution in [3.8, 4) is 0 Å². The Kier molecular flexibility index (Phi) is 3.71. The standard InChI is InChI=1S/C16H25NSi2/c1-18(2,3)16(19(4,5)6)15-12-11-13-9-7-8-10-14(13)17-15/h7-12,16H,1-6H3. The van der Waals surface area contributed by atoms with Crippen LogP contribution in [-0.4, -0.2) is 21.1 Å². The number of rotatable bonds is 3. The maximum atomic E-state index is 4.98. The summed E-state index contributed by atoms with van der Waals surface area (Å²) in [5.74, 6) is 0. The van der Waals surface area contributed by atoms with Crippen LogP contribution in [0.1, 0.15) is 10.9 Å². The highest BCUT2D eigenvalue weighted by molar-refractivity contribution is 6.96.